The smallest absolute Gasteiger partial charge is 0.253 e. The molecule has 0 bridgehead atoms. The quantitative estimate of drug-likeness (QED) is 0.668. The molecule has 0 unspecified atom stereocenters. The lowest BCUT2D eigenvalue weighted by Crippen LogP contribution is -2.30. The zero-order valence-corrected chi connectivity index (χ0v) is 16.0. The molecule has 0 N–H and O–H groups in total. The number of carbonyl (C=O) groups is 1. The molecule has 28 heavy (non-hydrogen) atoms. The number of hydrogen-bond donors (Lipinski definition) is 0. The SMILES string of the molecule is CC(C)c1nc(-c2ccc(C(=O)N3CC[C@H](Oc4ccccc4)C3)cc2)no1. The van der Waals surface area contributed by atoms with Crippen molar-refractivity contribution in [3.63, 3.8) is 0 Å². The molecule has 1 saturated heterocycles. The van der Waals surface area contributed by atoms with Gasteiger partial charge >= 0.3 is 0 Å². The van der Waals surface area contributed by atoms with E-state index in [1.807, 2.05) is 73.3 Å². The molecule has 0 saturated carbocycles. The molecule has 0 radical (unpaired) electrons. The third kappa shape index (κ3) is 3.91. The van der Waals surface area contributed by atoms with Gasteiger partial charge in [-0.05, 0) is 24.3 Å². The van der Waals surface area contributed by atoms with Gasteiger partial charge in [-0.3, -0.25) is 4.79 Å². The van der Waals surface area contributed by atoms with Gasteiger partial charge in [0.05, 0.1) is 6.54 Å². The van der Waals surface area contributed by atoms with E-state index in [1.165, 1.54) is 0 Å². The minimum atomic E-state index is 0.0155. The van der Waals surface area contributed by atoms with Crippen LogP contribution in [0, 0.1) is 0 Å². The number of likely N-dealkylation sites (tertiary alicyclic amines) is 1. The third-order valence-electron chi connectivity index (χ3n) is 4.80. The highest BCUT2D eigenvalue weighted by atomic mass is 16.5. The number of ether oxygens (including phenoxy) is 1. The summed E-state index contributed by atoms with van der Waals surface area (Å²) in [7, 11) is 0. The second-order valence-corrected chi connectivity index (χ2v) is 7.28. The fraction of sp³-hybridized carbons (Fsp3) is 0.318. The summed E-state index contributed by atoms with van der Waals surface area (Å²) >= 11 is 0. The Morgan fingerprint density at radius 2 is 1.89 bits per heavy atom. The van der Waals surface area contributed by atoms with Crippen molar-refractivity contribution >= 4 is 5.91 Å². The maximum Gasteiger partial charge on any atom is 0.253 e. The summed E-state index contributed by atoms with van der Waals surface area (Å²) in [4.78, 5) is 19.0. The minimum absolute atomic E-state index is 0.0155. The number of aromatic nitrogens is 2. The van der Waals surface area contributed by atoms with Crippen molar-refractivity contribution in [2.45, 2.75) is 32.3 Å². The zero-order chi connectivity index (χ0) is 19.5. The van der Waals surface area contributed by atoms with Crippen LogP contribution in [0.25, 0.3) is 11.4 Å². The zero-order valence-electron chi connectivity index (χ0n) is 16.0. The molecule has 6 nitrogen and oxygen atoms in total. The normalized spacial score (nSPS) is 16.5. The predicted octanol–water partition coefficient (Wildman–Crippen LogP) is 4.15. The first-order valence-corrected chi connectivity index (χ1v) is 9.55. The van der Waals surface area contributed by atoms with E-state index in [0.717, 1.165) is 17.7 Å². The van der Waals surface area contributed by atoms with E-state index >= 15 is 0 Å². The summed E-state index contributed by atoms with van der Waals surface area (Å²) in [5.41, 5.74) is 1.48. The average Bonchev–Trinajstić information content (AvgIpc) is 3.38. The van der Waals surface area contributed by atoms with Crippen LogP contribution in [0.1, 0.15) is 42.4 Å². The highest BCUT2D eigenvalue weighted by Gasteiger charge is 2.28. The van der Waals surface area contributed by atoms with Crippen LogP contribution < -0.4 is 4.74 Å². The molecular formula is C22H23N3O3. The van der Waals surface area contributed by atoms with Crippen LogP contribution in [0.4, 0.5) is 0 Å². The van der Waals surface area contributed by atoms with E-state index in [0.29, 0.717) is 30.4 Å². The molecule has 1 amide bonds. The van der Waals surface area contributed by atoms with Crippen LogP contribution in [0.3, 0.4) is 0 Å². The second kappa shape index (κ2) is 7.84. The molecule has 1 aliphatic heterocycles. The number of hydrogen-bond acceptors (Lipinski definition) is 5. The summed E-state index contributed by atoms with van der Waals surface area (Å²) in [5, 5.41) is 4.01. The maximum atomic E-state index is 12.8. The van der Waals surface area contributed by atoms with E-state index in [-0.39, 0.29) is 17.9 Å². The number of amides is 1. The average molecular weight is 377 g/mol. The van der Waals surface area contributed by atoms with Crippen molar-refractivity contribution in [2.24, 2.45) is 0 Å². The number of benzene rings is 2. The van der Waals surface area contributed by atoms with Crippen LogP contribution in [0.15, 0.2) is 59.1 Å². The van der Waals surface area contributed by atoms with Gasteiger partial charge in [0.1, 0.15) is 11.9 Å². The standard InChI is InChI=1S/C22H23N3O3/c1-15(2)21-23-20(24-28-21)16-8-10-17(11-9-16)22(26)25-13-12-19(14-25)27-18-6-4-3-5-7-18/h3-11,15,19H,12-14H2,1-2H3/t19-/m0/s1. The van der Waals surface area contributed by atoms with Gasteiger partial charge < -0.3 is 14.2 Å². The van der Waals surface area contributed by atoms with E-state index in [9.17, 15) is 4.79 Å². The maximum absolute atomic E-state index is 12.8. The summed E-state index contributed by atoms with van der Waals surface area (Å²) in [6.45, 7) is 5.30. The molecule has 4 rings (SSSR count). The van der Waals surface area contributed by atoms with Gasteiger partial charge in [-0.25, -0.2) is 0 Å². The Kier molecular flexibility index (Phi) is 5.10. The number of carbonyl (C=O) groups excluding carboxylic acids is 1. The monoisotopic (exact) mass is 377 g/mol. The van der Waals surface area contributed by atoms with Crippen LogP contribution in [0.5, 0.6) is 5.75 Å². The van der Waals surface area contributed by atoms with Crippen molar-refractivity contribution in [2.75, 3.05) is 13.1 Å². The molecular weight excluding hydrogens is 354 g/mol. The fourth-order valence-electron chi connectivity index (χ4n) is 3.23. The lowest BCUT2D eigenvalue weighted by molar-refractivity contribution is 0.0772. The fourth-order valence-corrected chi connectivity index (χ4v) is 3.23. The van der Waals surface area contributed by atoms with Crippen LogP contribution >= 0.6 is 0 Å². The molecule has 0 spiro atoms. The first kappa shape index (κ1) is 18.2. The Balaban J connectivity index is 1.39. The van der Waals surface area contributed by atoms with Crippen molar-refractivity contribution < 1.29 is 14.1 Å². The Morgan fingerprint density at radius 3 is 2.57 bits per heavy atom. The van der Waals surface area contributed by atoms with Gasteiger partial charge in [-0.2, -0.15) is 4.98 Å². The van der Waals surface area contributed by atoms with Gasteiger partial charge in [-0.1, -0.05) is 49.3 Å². The first-order valence-electron chi connectivity index (χ1n) is 9.55. The number of rotatable bonds is 5. The Morgan fingerprint density at radius 1 is 1.14 bits per heavy atom. The van der Waals surface area contributed by atoms with Gasteiger partial charge in [0.15, 0.2) is 0 Å². The molecule has 3 aromatic rings. The molecule has 1 atom stereocenters. The van der Waals surface area contributed by atoms with Crippen molar-refractivity contribution in [3.05, 3.63) is 66.1 Å². The van der Waals surface area contributed by atoms with E-state index in [4.69, 9.17) is 9.26 Å². The number of nitrogens with zero attached hydrogens (tertiary/aromatic N) is 3. The summed E-state index contributed by atoms with van der Waals surface area (Å²) < 4.78 is 11.2. The topological polar surface area (TPSA) is 68.5 Å². The Bertz CT molecular complexity index is 935. The molecule has 1 aromatic heterocycles. The Labute approximate surface area is 164 Å². The molecule has 0 aliphatic carbocycles. The minimum Gasteiger partial charge on any atom is -0.489 e. The van der Waals surface area contributed by atoms with Crippen LogP contribution in [-0.2, 0) is 0 Å². The van der Waals surface area contributed by atoms with Crippen molar-refractivity contribution in [1.29, 1.82) is 0 Å². The largest absolute Gasteiger partial charge is 0.489 e. The van der Waals surface area contributed by atoms with Crippen molar-refractivity contribution in [3.8, 4) is 17.1 Å². The number of para-hydroxylation sites is 1. The molecule has 2 aromatic carbocycles. The van der Waals surface area contributed by atoms with Gasteiger partial charge in [0.25, 0.3) is 5.91 Å². The predicted molar refractivity (Wildman–Crippen MR) is 105 cm³/mol. The van der Waals surface area contributed by atoms with Gasteiger partial charge in [0, 0.05) is 30.0 Å². The lowest BCUT2D eigenvalue weighted by Gasteiger charge is -2.17. The molecule has 1 fully saturated rings. The first-order chi connectivity index (χ1) is 13.6. The van der Waals surface area contributed by atoms with Crippen LogP contribution in [-0.4, -0.2) is 40.1 Å². The van der Waals surface area contributed by atoms with Gasteiger partial charge in [0.2, 0.25) is 11.7 Å². The molecule has 144 valence electrons. The molecule has 2 heterocycles. The van der Waals surface area contributed by atoms with E-state index in [2.05, 4.69) is 10.1 Å². The van der Waals surface area contributed by atoms with E-state index < -0.39 is 0 Å². The Hall–Kier alpha value is -3.15. The third-order valence-corrected chi connectivity index (χ3v) is 4.80. The molecule has 1 aliphatic rings. The van der Waals surface area contributed by atoms with E-state index in [1.54, 1.807) is 0 Å². The summed E-state index contributed by atoms with van der Waals surface area (Å²) in [5.74, 6) is 2.19. The highest BCUT2D eigenvalue weighted by molar-refractivity contribution is 5.94. The summed E-state index contributed by atoms with van der Waals surface area (Å²) in [6.07, 6.45) is 0.860. The van der Waals surface area contributed by atoms with Crippen molar-refractivity contribution in [1.82, 2.24) is 15.0 Å². The molecule has 6 heteroatoms. The second-order valence-electron chi connectivity index (χ2n) is 7.28. The van der Waals surface area contributed by atoms with Crippen LogP contribution in [0.2, 0.25) is 0 Å². The van der Waals surface area contributed by atoms with Gasteiger partial charge in [-0.15, -0.1) is 0 Å². The highest BCUT2D eigenvalue weighted by Crippen LogP contribution is 2.22. The summed E-state index contributed by atoms with van der Waals surface area (Å²) in [6, 6.07) is 17.1. The lowest BCUT2D eigenvalue weighted by atomic mass is 10.1.